The number of hydrogen-bond acceptors (Lipinski definition) is 5. The highest BCUT2D eigenvalue weighted by Gasteiger charge is 2.19. The van der Waals surface area contributed by atoms with Crippen molar-refractivity contribution in [3.05, 3.63) is 26.7 Å². The van der Waals surface area contributed by atoms with Crippen molar-refractivity contribution in [2.24, 2.45) is 5.92 Å². The Kier molecular flexibility index (Phi) is 7.56. The summed E-state index contributed by atoms with van der Waals surface area (Å²) in [6.45, 7) is 8.94. The van der Waals surface area contributed by atoms with E-state index in [1.165, 1.54) is 4.57 Å². The number of nitrogens with one attached hydrogen (secondary N) is 2. The highest BCUT2D eigenvalue weighted by molar-refractivity contribution is 5.76. The van der Waals surface area contributed by atoms with Crippen LogP contribution in [0, 0.1) is 5.92 Å². The van der Waals surface area contributed by atoms with Crippen molar-refractivity contribution >= 4 is 17.1 Å². The number of aryl methyl sites for hydroxylation is 2. The number of carbonyl (C=O) groups excluding carboxylic acids is 1. The molecule has 2 heterocycles. The first-order chi connectivity index (χ1) is 13.2. The molecule has 0 aromatic carbocycles. The van der Waals surface area contributed by atoms with E-state index in [0.717, 1.165) is 12.8 Å². The van der Waals surface area contributed by atoms with Gasteiger partial charge in [-0.15, -0.1) is 0 Å². The van der Waals surface area contributed by atoms with Crippen molar-refractivity contribution in [3.8, 4) is 0 Å². The lowest BCUT2D eigenvalue weighted by molar-refractivity contribution is -0.121. The van der Waals surface area contributed by atoms with Gasteiger partial charge in [0, 0.05) is 32.5 Å². The van der Waals surface area contributed by atoms with Crippen molar-refractivity contribution in [2.75, 3.05) is 6.54 Å². The van der Waals surface area contributed by atoms with Crippen LogP contribution in [0.4, 0.5) is 0 Å². The van der Waals surface area contributed by atoms with Gasteiger partial charge in [0.25, 0.3) is 5.56 Å². The van der Waals surface area contributed by atoms with Crippen molar-refractivity contribution in [1.82, 2.24) is 24.4 Å². The van der Waals surface area contributed by atoms with E-state index in [0.29, 0.717) is 36.5 Å². The fourth-order valence-electron chi connectivity index (χ4n) is 3.07. The molecule has 2 rings (SSSR count). The van der Waals surface area contributed by atoms with Crippen LogP contribution in [-0.4, -0.2) is 42.8 Å². The Labute approximate surface area is 163 Å². The lowest BCUT2D eigenvalue weighted by Crippen LogP contribution is -2.31. The monoisotopic (exact) mass is 393 g/mol. The molecule has 2 aromatic rings. The second-order valence-electron chi connectivity index (χ2n) is 7.62. The summed E-state index contributed by atoms with van der Waals surface area (Å²) < 4.78 is 3.33. The number of rotatable bonds is 10. The second kappa shape index (κ2) is 9.68. The molecule has 3 N–H and O–H groups in total. The minimum atomic E-state index is -0.610. The molecule has 28 heavy (non-hydrogen) atoms. The second-order valence-corrected chi connectivity index (χ2v) is 7.62. The van der Waals surface area contributed by atoms with E-state index >= 15 is 0 Å². The number of unbranched alkanes of at least 4 members (excludes halogenated alkanes) is 1. The molecule has 0 aliphatic carbocycles. The largest absolute Gasteiger partial charge is 0.392 e. The van der Waals surface area contributed by atoms with E-state index in [1.807, 2.05) is 25.3 Å². The van der Waals surface area contributed by atoms with Crippen LogP contribution in [0.3, 0.4) is 0 Å². The number of aliphatic hydroxyl groups excluding tert-OH is 1. The van der Waals surface area contributed by atoms with Gasteiger partial charge in [0.2, 0.25) is 5.91 Å². The van der Waals surface area contributed by atoms with E-state index < -0.39 is 17.4 Å². The Hall–Kier alpha value is -2.42. The number of carbonyl (C=O) groups is 1. The first-order valence-electron chi connectivity index (χ1n) is 9.91. The van der Waals surface area contributed by atoms with E-state index in [2.05, 4.69) is 15.3 Å². The molecule has 1 amide bonds. The summed E-state index contributed by atoms with van der Waals surface area (Å²) in [6.07, 6.45) is 1.63. The average Bonchev–Trinajstić information content (AvgIpc) is 2.96. The number of aromatic amines is 1. The maximum absolute atomic E-state index is 12.5. The zero-order valence-electron chi connectivity index (χ0n) is 17.1. The minimum absolute atomic E-state index is 0.186. The Bertz CT molecular complexity index is 923. The molecule has 9 heteroatoms. The van der Waals surface area contributed by atoms with E-state index in [-0.39, 0.29) is 24.8 Å². The number of imidazole rings is 1. The van der Waals surface area contributed by atoms with Gasteiger partial charge < -0.3 is 15.0 Å². The van der Waals surface area contributed by atoms with Crippen molar-refractivity contribution in [3.63, 3.8) is 0 Å². The third-order valence-electron chi connectivity index (χ3n) is 4.42. The Morgan fingerprint density at radius 1 is 1.25 bits per heavy atom. The highest BCUT2D eigenvalue weighted by atomic mass is 16.3. The number of aromatic nitrogens is 4. The van der Waals surface area contributed by atoms with E-state index in [4.69, 9.17) is 0 Å². The number of nitrogens with zero attached hydrogens (tertiary/aromatic N) is 3. The third kappa shape index (κ3) is 5.31. The van der Waals surface area contributed by atoms with Crippen LogP contribution in [0.2, 0.25) is 0 Å². The van der Waals surface area contributed by atoms with E-state index in [1.54, 1.807) is 6.92 Å². The summed E-state index contributed by atoms with van der Waals surface area (Å²) >= 11 is 0. The maximum Gasteiger partial charge on any atom is 0.330 e. The molecule has 2 aromatic heterocycles. The van der Waals surface area contributed by atoms with Crippen LogP contribution in [-0.2, 0) is 24.3 Å². The van der Waals surface area contributed by atoms with Crippen LogP contribution in [0.5, 0.6) is 0 Å². The average molecular weight is 393 g/mol. The molecule has 0 aliphatic rings. The van der Waals surface area contributed by atoms with Gasteiger partial charge in [-0.3, -0.25) is 19.1 Å². The summed E-state index contributed by atoms with van der Waals surface area (Å²) in [5.41, 5.74) is -0.155. The summed E-state index contributed by atoms with van der Waals surface area (Å²) in [5.74, 6) is 0.675. The Morgan fingerprint density at radius 3 is 2.57 bits per heavy atom. The van der Waals surface area contributed by atoms with Gasteiger partial charge in [0.15, 0.2) is 11.2 Å². The quantitative estimate of drug-likeness (QED) is 0.550. The molecule has 0 spiro atoms. The van der Waals surface area contributed by atoms with Crippen molar-refractivity contribution in [1.29, 1.82) is 0 Å². The molecule has 0 fully saturated rings. The van der Waals surface area contributed by atoms with Gasteiger partial charge in [-0.05, 0) is 19.3 Å². The first kappa shape index (κ1) is 21.9. The lowest BCUT2D eigenvalue weighted by Gasteiger charge is -2.12. The van der Waals surface area contributed by atoms with Crippen LogP contribution in [0.15, 0.2) is 9.59 Å². The van der Waals surface area contributed by atoms with Crippen LogP contribution >= 0.6 is 0 Å². The summed E-state index contributed by atoms with van der Waals surface area (Å²) in [4.78, 5) is 43.8. The lowest BCUT2D eigenvalue weighted by atomic mass is 10.2. The van der Waals surface area contributed by atoms with Crippen molar-refractivity contribution in [2.45, 2.75) is 72.6 Å². The van der Waals surface area contributed by atoms with E-state index in [9.17, 15) is 19.5 Å². The molecule has 9 nitrogen and oxygen atoms in total. The Balaban J connectivity index is 2.43. The fraction of sp³-hybridized carbons (Fsp3) is 0.684. The van der Waals surface area contributed by atoms with Gasteiger partial charge in [-0.25, -0.2) is 9.78 Å². The smallest absolute Gasteiger partial charge is 0.330 e. The summed E-state index contributed by atoms with van der Waals surface area (Å²) in [5, 5.41) is 11.9. The summed E-state index contributed by atoms with van der Waals surface area (Å²) in [6, 6.07) is 0. The molecule has 1 unspecified atom stereocenters. The molecule has 0 aliphatic heterocycles. The van der Waals surface area contributed by atoms with Crippen molar-refractivity contribution < 1.29 is 9.90 Å². The third-order valence-corrected chi connectivity index (χ3v) is 4.42. The molecule has 0 bridgehead atoms. The van der Waals surface area contributed by atoms with Gasteiger partial charge in [0.05, 0.1) is 6.10 Å². The standard InChI is InChI=1S/C19H31N5O4/c1-5-6-9-23-17-16(18(27)22-19(23)28)24(11-12(2)3)14(21-17)7-8-15(26)20-10-13(4)25/h12-13,25H,5-11H2,1-4H3,(H,20,26)(H,22,27,28). The van der Waals surface area contributed by atoms with Gasteiger partial charge >= 0.3 is 5.69 Å². The molecule has 0 saturated carbocycles. The highest BCUT2D eigenvalue weighted by Crippen LogP contribution is 2.16. The van der Waals surface area contributed by atoms with Crippen LogP contribution in [0.25, 0.3) is 11.2 Å². The number of aliphatic hydroxyl groups is 1. The molecular weight excluding hydrogens is 362 g/mol. The van der Waals surface area contributed by atoms with Gasteiger partial charge in [-0.2, -0.15) is 0 Å². The normalized spacial score (nSPS) is 12.6. The zero-order chi connectivity index (χ0) is 20.8. The molecule has 0 radical (unpaired) electrons. The number of hydrogen-bond donors (Lipinski definition) is 3. The fourth-order valence-corrected chi connectivity index (χ4v) is 3.07. The topological polar surface area (TPSA) is 122 Å². The predicted molar refractivity (Wildman–Crippen MR) is 107 cm³/mol. The predicted octanol–water partition coefficient (Wildman–Crippen LogP) is 0.772. The van der Waals surface area contributed by atoms with Gasteiger partial charge in [0.1, 0.15) is 5.82 Å². The molecular formula is C19H31N5O4. The van der Waals surface area contributed by atoms with Gasteiger partial charge in [-0.1, -0.05) is 27.2 Å². The maximum atomic E-state index is 12.5. The number of H-pyrrole nitrogens is 1. The molecule has 156 valence electrons. The van der Waals surface area contributed by atoms with Crippen LogP contribution < -0.4 is 16.6 Å². The number of fused-ring (bicyclic) bond motifs is 1. The first-order valence-corrected chi connectivity index (χ1v) is 9.91. The summed E-state index contributed by atoms with van der Waals surface area (Å²) in [7, 11) is 0. The van der Waals surface area contributed by atoms with Crippen LogP contribution in [0.1, 0.15) is 52.8 Å². The minimum Gasteiger partial charge on any atom is -0.392 e. The number of amides is 1. The zero-order valence-corrected chi connectivity index (χ0v) is 17.1. The Morgan fingerprint density at radius 2 is 1.96 bits per heavy atom. The molecule has 0 saturated heterocycles. The molecule has 1 atom stereocenters. The SMILES string of the molecule is CCCCn1c(=O)[nH]c(=O)c2c1nc(CCC(=O)NCC(C)O)n2CC(C)C.